The molecule has 0 aliphatic carbocycles. The van der Waals surface area contributed by atoms with E-state index in [4.69, 9.17) is 9.47 Å². The summed E-state index contributed by atoms with van der Waals surface area (Å²) in [6.07, 6.45) is 0. The van der Waals surface area contributed by atoms with Gasteiger partial charge >= 0.3 is 6.61 Å². The topological polar surface area (TPSA) is 64.1 Å². The molecule has 150 valence electrons. The zero-order chi connectivity index (χ0) is 20.1. The second-order valence-electron chi connectivity index (χ2n) is 6.05. The first kappa shape index (κ1) is 19.7. The summed E-state index contributed by atoms with van der Waals surface area (Å²) in [5.74, 6) is 0.931. The van der Waals surface area contributed by atoms with Crippen LogP contribution in [-0.4, -0.2) is 26.4 Å². The van der Waals surface area contributed by atoms with Crippen molar-refractivity contribution in [2.75, 3.05) is 13.8 Å². The van der Waals surface area contributed by atoms with Crippen molar-refractivity contribution in [3.05, 3.63) is 52.8 Å². The van der Waals surface area contributed by atoms with Crippen LogP contribution in [0.15, 0.2) is 35.3 Å². The molecule has 1 aliphatic rings. The van der Waals surface area contributed by atoms with Crippen LogP contribution < -0.4 is 24.8 Å². The lowest BCUT2D eigenvalue weighted by Crippen LogP contribution is -2.36. The highest BCUT2D eigenvalue weighted by Gasteiger charge is 2.20. The van der Waals surface area contributed by atoms with E-state index in [-0.39, 0.29) is 24.9 Å². The first-order valence-electron chi connectivity index (χ1n) is 8.53. The fourth-order valence-corrected chi connectivity index (χ4v) is 2.64. The lowest BCUT2D eigenvalue weighted by Gasteiger charge is -2.15. The molecule has 0 atom stereocenters. The molecule has 9 heteroatoms. The van der Waals surface area contributed by atoms with Gasteiger partial charge in [-0.05, 0) is 30.2 Å². The van der Waals surface area contributed by atoms with Crippen LogP contribution in [-0.2, 0) is 13.1 Å². The summed E-state index contributed by atoms with van der Waals surface area (Å²) in [4.78, 5) is 4.08. The molecule has 0 saturated heterocycles. The molecule has 1 aliphatic heterocycles. The highest BCUT2D eigenvalue weighted by atomic mass is 19.3. The average Bonchev–Trinajstić information content (AvgIpc) is 3.11. The van der Waals surface area contributed by atoms with Gasteiger partial charge in [0.05, 0.1) is 0 Å². The quantitative estimate of drug-likeness (QED) is 0.580. The molecule has 28 heavy (non-hydrogen) atoms. The summed E-state index contributed by atoms with van der Waals surface area (Å²) in [6.45, 7) is -0.749. The van der Waals surface area contributed by atoms with Crippen molar-refractivity contribution in [1.82, 2.24) is 10.6 Å². The van der Waals surface area contributed by atoms with Gasteiger partial charge in [-0.2, -0.15) is 8.78 Å². The minimum absolute atomic E-state index is 0.0113. The summed E-state index contributed by atoms with van der Waals surface area (Å²) >= 11 is 0. The SMILES string of the molecule is CN=C(NCc1ccc(C)c(F)c1)NCc1cc2c(cc1OC(F)F)OCO2. The number of alkyl halides is 2. The van der Waals surface area contributed by atoms with E-state index in [1.165, 1.54) is 12.1 Å². The average molecular weight is 395 g/mol. The number of aryl methyl sites for hydroxylation is 1. The van der Waals surface area contributed by atoms with E-state index < -0.39 is 6.61 Å². The number of hydrogen-bond acceptors (Lipinski definition) is 4. The third-order valence-electron chi connectivity index (χ3n) is 4.14. The number of fused-ring (bicyclic) bond motifs is 1. The molecule has 0 unspecified atom stereocenters. The van der Waals surface area contributed by atoms with Crippen LogP contribution in [0.25, 0.3) is 0 Å². The second kappa shape index (κ2) is 8.73. The van der Waals surface area contributed by atoms with Gasteiger partial charge in [-0.15, -0.1) is 0 Å². The van der Waals surface area contributed by atoms with Gasteiger partial charge in [0.1, 0.15) is 11.6 Å². The lowest BCUT2D eigenvalue weighted by molar-refractivity contribution is -0.0505. The number of halogens is 3. The van der Waals surface area contributed by atoms with Crippen molar-refractivity contribution in [2.45, 2.75) is 26.6 Å². The molecule has 2 aromatic carbocycles. The van der Waals surface area contributed by atoms with Crippen LogP contribution >= 0.6 is 0 Å². The Morgan fingerprint density at radius 3 is 2.54 bits per heavy atom. The van der Waals surface area contributed by atoms with E-state index in [1.807, 2.05) is 6.07 Å². The van der Waals surface area contributed by atoms with E-state index in [0.717, 1.165) is 5.56 Å². The molecule has 0 aromatic heterocycles. The van der Waals surface area contributed by atoms with Gasteiger partial charge in [0.15, 0.2) is 17.5 Å². The maximum absolute atomic E-state index is 13.6. The Labute approximate surface area is 160 Å². The Bertz CT molecular complexity index is 875. The number of nitrogens with zero attached hydrogens (tertiary/aromatic N) is 1. The first-order chi connectivity index (χ1) is 13.5. The van der Waals surface area contributed by atoms with E-state index in [0.29, 0.717) is 35.1 Å². The highest BCUT2D eigenvalue weighted by Crippen LogP contribution is 2.38. The molecule has 2 N–H and O–H groups in total. The van der Waals surface area contributed by atoms with Crippen LogP contribution in [0.1, 0.15) is 16.7 Å². The Morgan fingerprint density at radius 1 is 1.14 bits per heavy atom. The maximum Gasteiger partial charge on any atom is 0.387 e. The standard InChI is InChI=1S/C19H20F3N3O3/c1-11-3-4-12(5-14(11)20)8-24-19(23-2)25-9-13-6-16-17(27-10-26-16)7-15(13)28-18(21)22/h3-7,18H,8-10H2,1-2H3,(H2,23,24,25). The fraction of sp³-hybridized carbons (Fsp3) is 0.316. The molecule has 3 rings (SSSR count). The molecule has 0 bridgehead atoms. The van der Waals surface area contributed by atoms with Crippen molar-refractivity contribution in [1.29, 1.82) is 0 Å². The summed E-state index contributed by atoms with van der Waals surface area (Å²) in [5, 5.41) is 6.05. The number of rotatable bonds is 6. The Morgan fingerprint density at radius 2 is 1.86 bits per heavy atom. The lowest BCUT2D eigenvalue weighted by atomic mass is 10.1. The maximum atomic E-state index is 13.6. The van der Waals surface area contributed by atoms with Gasteiger partial charge < -0.3 is 24.8 Å². The first-order valence-corrected chi connectivity index (χ1v) is 8.53. The smallest absolute Gasteiger partial charge is 0.387 e. The number of benzene rings is 2. The molecule has 2 aromatic rings. The van der Waals surface area contributed by atoms with Crippen LogP contribution in [0, 0.1) is 12.7 Å². The van der Waals surface area contributed by atoms with Crippen LogP contribution in [0.2, 0.25) is 0 Å². The number of guanidine groups is 1. The predicted molar refractivity (Wildman–Crippen MR) is 97.4 cm³/mol. The molecule has 0 radical (unpaired) electrons. The van der Waals surface area contributed by atoms with E-state index in [2.05, 4.69) is 20.4 Å². The van der Waals surface area contributed by atoms with Crippen molar-refractivity contribution >= 4 is 5.96 Å². The molecular formula is C19H20F3N3O3. The summed E-state index contributed by atoms with van der Waals surface area (Å²) < 4.78 is 54.1. The molecule has 0 spiro atoms. The van der Waals surface area contributed by atoms with Crippen molar-refractivity contribution in [2.24, 2.45) is 4.99 Å². The number of nitrogens with one attached hydrogen (secondary N) is 2. The molecule has 0 fully saturated rings. The second-order valence-corrected chi connectivity index (χ2v) is 6.05. The van der Waals surface area contributed by atoms with Crippen molar-refractivity contribution < 1.29 is 27.4 Å². The van der Waals surface area contributed by atoms with Gasteiger partial charge in [0, 0.05) is 31.8 Å². The molecular weight excluding hydrogens is 375 g/mol. The third kappa shape index (κ3) is 4.79. The molecule has 1 heterocycles. The van der Waals surface area contributed by atoms with Gasteiger partial charge in [-0.3, -0.25) is 4.99 Å². The van der Waals surface area contributed by atoms with Gasteiger partial charge in [-0.1, -0.05) is 12.1 Å². The Hall–Kier alpha value is -3.10. The largest absolute Gasteiger partial charge is 0.454 e. The minimum Gasteiger partial charge on any atom is -0.454 e. The normalized spacial score (nSPS) is 13.0. The Balaban J connectivity index is 1.65. The molecule has 0 saturated carbocycles. The van der Waals surface area contributed by atoms with Gasteiger partial charge in [0.2, 0.25) is 6.79 Å². The van der Waals surface area contributed by atoms with Crippen molar-refractivity contribution in [3.8, 4) is 17.2 Å². The summed E-state index contributed by atoms with van der Waals surface area (Å²) in [6, 6.07) is 7.91. The van der Waals surface area contributed by atoms with Gasteiger partial charge in [0.25, 0.3) is 0 Å². The minimum atomic E-state index is -2.96. The molecule has 0 amide bonds. The van der Waals surface area contributed by atoms with E-state index in [1.54, 1.807) is 26.1 Å². The number of aliphatic imine (C=N–C) groups is 1. The summed E-state index contributed by atoms with van der Waals surface area (Å²) in [7, 11) is 1.57. The van der Waals surface area contributed by atoms with E-state index in [9.17, 15) is 13.2 Å². The molecule has 6 nitrogen and oxygen atoms in total. The van der Waals surface area contributed by atoms with Crippen LogP contribution in [0.3, 0.4) is 0 Å². The van der Waals surface area contributed by atoms with Crippen LogP contribution in [0.5, 0.6) is 17.2 Å². The number of ether oxygens (including phenoxy) is 3. The van der Waals surface area contributed by atoms with E-state index >= 15 is 0 Å². The Kier molecular flexibility index (Phi) is 6.13. The van der Waals surface area contributed by atoms with Crippen LogP contribution in [0.4, 0.5) is 13.2 Å². The van der Waals surface area contributed by atoms with Gasteiger partial charge in [-0.25, -0.2) is 4.39 Å². The predicted octanol–water partition coefficient (Wildman–Crippen LogP) is 3.33. The zero-order valence-electron chi connectivity index (χ0n) is 15.4. The number of hydrogen-bond donors (Lipinski definition) is 2. The summed E-state index contributed by atoms with van der Waals surface area (Å²) in [5.41, 5.74) is 1.77. The fourth-order valence-electron chi connectivity index (χ4n) is 2.64. The third-order valence-corrected chi connectivity index (χ3v) is 4.14. The highest BCUT2D eigenvalue weighted by molar-refractivity contribution is 5.79. The zero-order valence-corrected chi connectivity index (χ0v) is 15.4. The monoisotopic (exact) mass is 395 g/mol. The van der Waals surface area contributed by atoms with Crippen molar-refractivity contribution in [3.63, 3.8) is 0 Å².